The fourth-order valence-corrected chi connectivity index (χ4v) is 3.42. The number of anilines is 1. The summed E-state index contributed by atoms with van der Waals surface area (Å²) in [5, 5.41) is 6.98. The minimum atomic E-state index is -0.112. The Labute approximate surface area is 118 Å². The maximum atomic E-state index is 11.7. The molecule has 1 saturated carbocycles. The van der Waals surface area contributed by atoms with Crippen molar-refractivity contribution in [1.29, 1.82) is 0 Å². The number of rotatable bonds is 5. The Morgan fingerprint density at radius 1 is 1.53 bits per heavy atom. The summed E-state index contributed by atoms with van der Waals surface area (Å²) in [6.07, 6.45) is 7.60. The molecule has 1 fully saturated rings. The third-order valence-electron chi connectivity index (χ3n) is 3.44. The number of carbonyl (C=O) groups is 1. The number of thioether (sulfide) groups is 1. The molecule has 2 atom stereocenters. The number of hydrogen-bond acceptors (Lipinski definition) is 4. The van der Waals surface area contributed by atoms with Crippen molar-refractivity contribution < 1.29 is 4.79 Å². The van der Waals surface area contributed by atoms with Crippen LogP contribution in [0.5, 0.6) is 0 Å². The lowest BCUT2D eigenvalue weighted by Crippen LogP contribution is -2.27. The molecule has 0 bridgehead atoms. The van der Waals surface area contributed by atoms with Crippen molar-refractivity contribution in [3.8, 4) is 0 Å². The lowest BCUT2D eigenvalue weighted by molar-refractivity contribution is 0.0951. The van der Waals surface area contributed by atoms with Gasteiger partial charge >= 0.3 is 0 Å². The quantitative estimate of drug-likeness (QED) is 0.869. The number of hydrogen-bond donors (Lipinski definition) is 2. The summed E-state index contributed by atoms with van der Waals surface area (Å²) in [5.74, 6) is -0.112. The van der Waals surface area contributed by atoms with Gasteiger partial charge in [-0.15, -0.1) is 0 Å². The fraction of sp³-hybridized carbons (Fsp3) is 0.571. The van der Waals surface area contributed by atoms with Crippen molar-refractivity contribution in [2.24, 2.45) is 0 Å². The Hall–Kier alpha value is -1.23. The number of aromatic nitrogens is 1. The predicted molar refractivity (Wildman–Crippen MR) is 80.8 cm³/mol. The van der Waals surface area contributed by atoms with Gasteiger partial charge in [-0.1, -0.05) is 6.42 Å². The Morgan fingerprint density at radius 2 is 2.37 bits per heavy atom. The Balaban J connectivity index is 2.04. The average Bonchev–Trinajstić information content (AvgIpc) is 2.86. The van der Waals surface area contributed by atoms with Crippen molar-refractivity contribution in [2.75, 3.05) is 18.1 Å². The molecule has 1 aromatic rings. The van der Waals surface area contributed by atoms with E-state index in [4.69, 9.17) is 0 Å². The van der Waals surface area contributed by atoms with Crippen LogP contribution in [0, 0.1) is 0 Å². The first kappa shape index (κ1) is 14.2. The molecule has 0 aromatic carbocycles. The van der Waals surface area contributed by atoms with Gasteiger partial charge in [-0.25, -0.2) is 0 Å². The highest BCUT2D eigenvalue weighted by atomic mass is 32.2. The van der Waals surface area contributed by atoms with Crippen LogP contribution < -0.4 is 10.6 Å². The molecule has 1 aliphatic rings. The number of nitrogens with one attached hydrogen (secondary N) is 2. The molecule has 19 heavy (non-hydrogen) atoms. The second kappa shape index (κ2) is 6.80. The third kappa shape index (κ3) is 3.62. The number of carbonyl (C=O) groups excluding carboxylic acids is 1. The standard InChI is InChI=1S/C14H21N3OS/c1-3-15-14(18)12-9-10(7-8-16-12)17-11-5-4-6-13(11)19-2/h7-9,11,13H,3-6H2,1-2H3,(H,15,18)(H,16,17). The van der Waals surface area contributed by atoms with Gasteiger partial charge in [0.25, 0.3) is 5.91 Å². The predicted octanol–water partition coefficient (Wildman–Crippen LogP) is 2.53. The molecule has 104 valence electrons. The molecule has 1 aliphatic carbocycles. The fourth-order valence-electron chi connectivity index (χ4n) is 2.48. The molecule has 5 heteroatoms. The molecule has 0 radical (unpaired) electrons. The number of amides is 1. The average molecular weight is 279 g/mol. The zero-order valence-electron chi connectivity index (χ0n) is 11.5. The van der Waals surface area contributed by atoms with Crippen LogP contribution in [-0.4, -0.2) is 35.0 Å². The Kier molecular flexibility index (Phi) is 5.07. The SMILES string of the molecule is CCNC(=O)c1cc(NC2CCCC2SC)ccn1. The molecule has 0 aliphatic heterocycles. The van der Waals surface area contributed by atoms with E-state index in [-0.39, 0.29) is 5.91 Å². The van der Waals surface area contributed by atoms with Crippen LogP contribution in [0.3, 0.4) is 0 Å². The number of pyridine rings is 1. The topological polar surface area (TPSA) is 54.0 Å². The van der Waals surface area contributed by atoms with Crippen molar-refractivity contribution in [3.05, 3.63) is 24.0 Å². The van der Waals surface area contributed by atoms with Crippen molar-refractivity contribution in [1.82, 2.24) is 10.3 Å². The van der Waals surface area contributed by atoms with E-state index in [1.807, 2.05) is 30.8 Å². The van der Waals surface area contributed by atoms with E-state index in [0.717, 1.165) is 5.69 Å². The maximum absolute atomic E-state index is 11.7. The molecule has 2 N–H and O–H groups in total. The van der Waals surface area contributed by atoms with Crippen LogP contribution in [0.1, 0.15) is 36.7 Å². The minimum Gasteiger partial charge on any atom is -0.381 e. The second-order valence-electron chi connectivity index (χ2n) is 4.75. The van der Waals surface area contributed by atoms with Crippen LogP contribution in [0.4, 0.5) is 5.69 Å². The molecule has 0 spiro atoms. The van der Waals surface area contributed by atoms with E-state index < -0.39 is 0 Å². The lowest BCUT2D eigenvalue weighted by Gasteiger charge is -2.20. The molecule has 2 rings (SSSR count). The van der Waals surface area contributed by atoms with E-state index in [0.29, 0.717) is 23.5 Å². The van der Waals surface area contributed by atoms with Gasteiger partial charge in [0.05, 0.1) is 0 Å². The zero-order valence-corrected chi connectivity index (χ0v) is 12.3. The monoisotopic (exact) mass is 279 g/mol. The molecule has 1 aromatic heterocycles. The van der Waals surface area contributed by atoms with Crippen LogP contribution >= 0.6 is 11.8 Å². The van der Waals surface area contributed by atoms with Gasteiger partial charge < -0.3 is 10.6 Å². The van der Waals surface area contributed by atoms with Crippen LogP contribution in [0.2, 0.25) is 0 Å². The van der Waals surface area contributed by atoms with E-state index in [9.17, 15) is 4.79 Å². The molecule has 2 unspecified atom stereocenters. The van der Waals surface area contributed by atoms with Crippen LogP contribution in [0.25, 0.3) is 0 Å². The van der Waals surface area contributed by atoms with Crippen LogP contribution in [-0.2, 0) is 0 Å². The Morgan fingerprint density at radius 3 is 3.11 bits per heavy atom. The summed E-state index contributed by atoms with van der Waals surface area (Å²) >= 11 is 1.92. The van der Waals surface area contributed by atoms with Gasteiger partial charge in [-0.3, -0.25) is 9.78 Å². The largest absolute Gasteiger partial charge is 0.381 e. The van der Waals surface area contributed by atoms with Gasteiger partial charge in [0.1, 0.15) is 5.69 Å². The van der Waals surface area contributed by atoms with Gasteiger partial charge in [-0.2, -0.15) is 11.8 Å². The van der Waals surface area contributed by atoms with E-state index in [2.05, 4.69) is 21.9 Å². The Bertz CT molecular complexity index is 438. The van der Waals surface area contributed by atoms with Gasteiger partial charge in [-0.05, 0) is 38.2 Å². The third-order valence-corrected chi connectivity index (χ3v) is 4.61. The highest BCUT2D eigenvalue weighted by Crippen LogP contribution is 2.30. The van der Waals surface area contributed by atoms with Gasteiger partial charge in [0.15, 0.2) is 0 Å². The molecule has 0 saturated heterocycles. The molecular formula is C14H21N3OS. The summed E-state index contributed by atoms with van der Waals surface area (Å²) in [6.45, 7) is 2.52. The van der Waals surface area contributed by atoms with E-state index >= 15 is 0 Å². The number of nitrogens with zero attached hydrogens (tertiary/aromatic N) is 1. The second-order valence-corrected chi connectivity index (χ2v) is 5.82. The van der Waals surface area contributed by atoms with Gasteiger partial charge in [0.2, 0.25) is 0 Å². The summed E-state index contributed by atoms with van der Waals surface area (Å²) < 4.78 is 0. The van der Waals surface area contributed by atoms with Crippen molar-refractivity contribution >= 4 is 23.4 Å². The molecule has 1 heterocycles. The van der Waals surface area contributed by atoms with E-state index in [1.165, 1.54) is 19.3 Å². The molecule has 4 nitrogen and oxygen atoms in total. The first-order valence-electron chi connectivity index (χ1n) is 6.78. The summed E-state index contributed by atoms with van der Waals surface area (Å²) in [4.78, 5) is 15.9. The van der Waals surface area contributed by atoms with Crippen molar-refractivity contribution in [2.45, 2.75) is 37.5 Å². The summed E-state index contributed by atoms with van der Waals surface area (Å²) in [6, 6.07) is 4.26. The van der Waals surface area contributed by atoms with E-state index in [1.54, 1.807) is 6.20 Å². The zero-order chi connectivity index (χ0) is 13.7. The maximum Gasteiger partial charge on any atom is 0.269 e. The smallest absolute Gasteiger partial charge is 0.269 e. The van der Waals surface area contributed by atoms with Crippen LogP contribution in [0.15, 0.2) is 18.3 Å². The van der Waals surface area contributed by atoms with Gasteiger partial charge in [0, 0.05) is 29.7 Å². The first-order valence-corrected chi connectivity index (χ1v) is 8.07. The van der Waals surface area contributed by atoms with Crippen molar-refractivity contribution in [3.63, 3.8) is 0 Å². The minimum absolute atomic E-state index is 0.112. The highest BCUT2D eigenvalue weighted by Gasteiger charge is 2.26. The molecule has 1 amide bonds. The lowest BCUT2D eigenvalue weighted by atomic mass is 10.2. The summed E-state index contributed by atoms with van der Waals surface area (Å²) in [5.41, 5.74) is 1.47. The highest BCUT2D eigenvalue weighted by molar-refractivity contribution is 7.99. The molecular weight excluding hydrogens is 258 g/mol. The summed E-state index contributed by atoms with van der Waals surface area (Å²) in [7, 11) is 0. The first-order chi connectivity index (χ1) is 9.24. The normalized spacial score (nSPS) is 22.2.